The zero-order valence-electron chi connectivity index (χ0n) is 30.2. The molecule has 0 fully saturated rings. The van der Waals surface area contributed by atoms with Gasteiger partial charge in [-0.15, -0.1) is 0 Å². The van der Waals surface area contributed by atoms with Gasteiger partial charge in [0.05, 0.1) is 13.2 Å². The number of hydrogen-bond acceptors (Lipinski definition) is 8. The van der Waals surface area contributed by atoms with E-state index in [4.69, 9.17) is 13.8 Å². The molecule has 49 heavy (non-hydrogen) atoms. The number of carboxylic acids is 1. The third-order valence-electron chi connectivity index (χ3n) is 7.65. The number of rotatable bonds is 34. The minimum Gasteiger partial charge on any atom is -0.480 e. The van der Waals surface area contributed by atoms with E-state index in [0.29, 0.717) is 12.8 Å². The average Bonchev–Trinajstić information content (AvgIpc) is 3.07. The van der Waals surface area contributed by atoms with Crippen molar-refractivity contribution in [2.45, 2.75) is 161 Å². The van der Waals surface area contributed by atoms with Gasteiger partial charge >= 0.3 is 19.8 Å². The largest absolute Gasteiger partial charge is 0.480 e. The molecule has 0 aromatic carbocycles. The highest BCUT2D eigenvalue weighted by Gasteiger charge is 2.28. The molecule has 3 atom stereocenters. The minimum absolute atomic E-state index is 0.133. The highest BCUT2D eigenvalue weighted by atomic mass is 31.2. The van der Waals surface area contributed by atoms with Gasteiger partial charge in [-0.1, -0.05) is 115 Å². The number of phosphoric acid groups is 1. The number of hydrogen-bond donors (Lipinski definition) is 4. The number of nitrogens with one attached hydrogen (secondary N) is 1. The predicted octanol–water partition coefficient (Wildman–Crippen LogP) is 8.49. The van der Waals surface area contributed by atoms with Crippen molar-refractivity contribution in [2.24, 2.45) is 0 Å². The Bertz CT molecular complexity index is 984. The molecule has 1 amide bonds. The normalized spacial score (nSPS) is 14.4. The third kappa shape index (κ3) is 32.7. The molecule has 0 rings (SSSR count). The Kier molecular flexibility index (Phi) is 31.3. The molecular weight excluding hydrogens is 649 g/mol. The molecule has 0 spiro atoms. The molecule has 0 aliphatic carbocycles. The number of unbranched alkanes of at least 4 members (excludes halogenated alkanes) is 14. The van der Waals surface area contributed by atoms with E-state index in [1.54, 1.807) is 0 Å². The zero-order chi connectivity index (χ0) is 36.4. The monoisotopic (exact) mass is 715 g/mol. The van der Waals surface area contributed by atoms with Crippen molar-refractivity contribution in [3.05, 3.63) is 36.5 Å². The summed E-state index contributed by atoms with van der Waals surface area (Å²) in [4.78, 5) is 45.6. The van der Waals surface area contributed by atoms with E-state index in [-0.39, 0.29) is 12.8 Å². The van der Waals surface area contributed by atoms with Crippen molar-refractivity contribution in [2.75, 3.05) is 19.8 Å². The topological polar surface area (TPSA) is 169 Å². The maximum Gasteiger partial charge on any atom is 0.472 e. The minimum atomic E-state index is -4.75. The van der Waals surface area contributed by atoms with Crippen molar-refractivity contribution < 1.29 is 47.8 Å². The Hall–Kier alpha value is -2.30. The summed E-state index contributed by atoms with van der Waals surface area (Å²) in [7, 11) is -4.75. The highest BCUT2D eigenvalue weighted by Crippen LogP contribution is 2.43. The van der Waals surface area contributed by atoms with Gasteiger partial charge in [0.1, 0.15) is 12.7 Å². The number of carbonyl (C=O) groups excluding carboxylic acids is 2. The summed E-state index contributed by atoms with van der Waals surface area (Å²) in [6.07, 6.45) is 31.8. The first kappa shape index (κ1) is 46.7. The number of ether oxygens (including phenoxy) is 1. The first-order valence-electron chi connectivity index (χ1n) is 18.5. The molecule has 0 aromatic heterocycles. The van der Waals surface area contributed by atoms with E-state index < -0.39 is 57.6 Å². The van der Waals surface area contributed by atoms with E-state index in [1.165, 1.54) is 25.7 Å². The summed E-state index contributed by atoms with van der Waals surface area (Å²) < 4.78 is 26.7. The van der Waals surface area contributed by atoms with Crippen molar-refractivity contribution >= 4 is 25.7 Å². The van der Waals surface area contributed by atoms with Gasteiger partial charge in [0.25, 0.3) is 0 Å². The first-order chi connectivity index (χ1) is 23.6. The van der Waals surface area contributed by atoms with Crippen LogP contribution in [-0.4, -0.2) is 64.9 Å². The van der Waals surface area contributed by atoms with Crippen LogP contribution >= 0.6 is 7.82 Å². The van der Waals surface area contributed by atoms with Crippen LogP contribution in [0.4, 0.5) is 0 Å². The maximum absolute atomic E-state index is 12.2. The lowest BCUT2D eigenvalue weighted by molar-refractivity contribution is -0.147. The number of amides is 1. The van der Waals surface area contributed by atoms with Crippen LogP contribution < -0.4 is 5.32 Å². The van der Waals surface area contributed by atoms with Crippen molar-refractivity contribution in [3.8, 4) is 0 Å². The second kappa shape index (κ2) is 32.9. The lowest BCUT2D eigenvalue weighted by Crippen LogP contribution is -2.43. The predicted molar refractivity (Wildman–Crippen MR) is 194 cm³/mol. The molecule has 3 unspecified atom stereocenters. The number of aliphatic carboxylic acids is 1. The molecule has 0 saturated heterocycles. The highest BCUT2D eigenvalue weighted by molar-refractivity contribution is 7.47. The molecule has 0 aliphatic rings. The second-order valence-corrected chi connectivity index (χ2v) is 13.9. The second-order valence-electron chi connectivity index (χ2n) is 12.4. The van der Waals surface area contributed by atoms with Crippen LogP contribution in [0.25, 0.3) is 0 Å². The van der Waals surface area contributed by atoms with E-state index in [0.717, 1.165) is 83.5 Å². The Balaban J connectivity index is 4.00. The number of carbonyl (C=O) groups is 3. The number of allylic oxidation sites excluding steroid dienone is 6. The molecule has 4 N–H and O–H groups in total. The van der Waals surface area contributed by atoms with Gasteiger partial charge < -0.3 is 25.2 Å². The quantitative estimate of drug-likeness (QED) is 0.0219. The fraction of sp³-hybridized carbons (Fsp3) is 0.757. The first-order valence-corrected chi connectivity index (χ1v) is 20.0. The molecule has 0 radical (unpaired) electrons. The number of carboxylic acid groups (broad SMARTS) is 1. The van der Waals surface area contributed by atoms with Crippen molar-refractivity contribution in [3.63, 3.8) is 0 Å². The summed E-state index contributed by atoms with van der Waals surface area (Å²) >= 11 is 0. The van der Waals surface area contributed by atoms with Crippen molar-refractivity contribution in [1.82, 2.24) is 5.32 Å². The smallest absolute Gasteiger partial charge is 0.472 e. The Morgan fingerprint density at radius 1 is 0.653 bits per heavy atom. The Morgan fingerprint density at radius 3 is 1.67 bits per heavy atom. The molecule has 0 aromatic rings. The number of aliphatic hydroxyl groups is 1. The van der Waals surface area contributed by atoms with Crippen LogP contribution in [0.2, 0.25) is 0 Å². The SMILES string of the molecule is CCCC/C=C\C/C=C\CCCCCCCC(=O)OCC(O)COP(=O)(O)OCC(NC(=O)CCCCCCC/C=C\CCCC)C(=O)O. The molecule has 0 saturated carbocycles. The van der Waals surface area contributed by atoms with Gasteiger partial charge in [-0.25, -0.2) is 9.36 Å². The van der Waals surface area contributed by atoms with Crippen LogP contribution in [0.15, 0.2) is 36.5 Å². The van der Waals surface area contributed by atoms with E-state index in [9.17, 15) is 34.1 Å². The number of esters is 1. The Morgan fingerprint density at radius 2 is 1.12 bits per heavy atom. The van der Waals surface area contributed by atoms with Gasteiger partial charge in [0, 0.05) is 12.8 Å². The molecule has 12 heteroatoms. The zero-order valence-corrected chi connectivity index (χ0v) is 31.1. The number of aliphatic hydroxyl groups excluding tert-OH is 1. The summed E-state index contributed by atoms with van der Waals surface area (Å²) in [6.45, 7) is 2.45. The maximum atomic E-state index is 12.2. The van der Waals surface area contributed by atoms with Crippen molar-refractivity contribution in [1.29, 1.82) is 0 Å². The fourth-order valence-electron chi connectivity index (χ4n) is 4.66. The summed E-state index contributed by atoms with van der Waals surface area (Å²) in [6, 6.07) is -1.55. The van der Waals surface area contributed by atoms with Gasteiger partial charge in [-0.3, -0.25) is 18.6 Å². The molecule has 0 bridgehead atoms. The van der Waals surface area contributed by atoms with Gasteiger partial charge in [-0.05, 0) is 57.8 Å². The van der Waals surface area contributed by atoms with E-state index >= 15 is 0 Å². The molecule has 284 valence electrons. The van der Waals surface area contributed by atoms with Gasteiger partial charge in [0.2, 0.25) is 5.91 Å². The molecule has 0 heterocycles. The summed E-state index contributed by atoms with van der Waals surface area (Å²) in [5.41, 5.74) is 0. The molecule has 11 nitrogen and oxygen atoms in total. The van der Waals surface area contributed by atoms with Gasteiger partial charge in [0.15, 0.2) is 6.04 Å². The molecule has 0 aliphatic heterocycles. The summed E-state index contributed by atoms with van der Waals surface area (Å²) in [5, 5.41) is 21.7. The number of phosphoric ester groups is 1. The van der Waals surface area contributed by atoms with Crippen LogP contribution in [0.1, 0.15) is 149 Å². The lowest BCUT2D eigenvalue weighted by Gasteiger charge is -2.18. The Labute approximate surface area is 295 Å². The summed E-state index contributed by atoms with van der Waals surface area (Å²) in [5.74, 6) is -2.41. The lowest BCUT2D eigenvalue weighted by atomic mass is 10.1. The fourth-order valence-corrected chi connectivity index (χ4v) is 5.44. The van der Waals surface area contributed by atoms with Crippen LogP contribution in [0.3, 0.4) is 0 Å². The molecular formula is C37H66NO10P. The average molecular weight is 716 g/mol. The van der Waals surface area contributed by atoms with E-state index in [2.05, 4.69) is 55.6 Å². The van der Waals surface area contributed by atoms with Crippen LogP contribution in [0.5, 0.6) is 0 Å². The van der Waals surface area contributed by atoms with Crippen LogP contribution in [0, 0.1) is 0 Å². The van der Waals surface area contributed by atoms with Crippen LogP contribution in [-0.2, 0) is 32.7 Å². The van der Waals surface area contributed by atoms with Gasteiger partial charge in [-0.2, -0.15) is 0 Å². The van der Waals surface area contributed by atoms with E-state index in [1.807, 2.05) is 0 Å². The third-order valence-corrected chi connectivity index (χ3v) is 8.60. The standard InChI is InChI=1S/C37H66NO10P/c1-3-5-7-9-11-13-15-16-17-19-21-23-25-27-29-36(41)46-30-33(39)31-47-49(44,45)48-32-34(37(42)43)38-35(40)28-26-24-22-20-18-14-12-10-8-6-4-2/h9-12,15-16,33-34,39H,3-8,13-14,17-32H2,1-2H3,(H,38,40)(H,42,43)(H,44,45)/b11-9-,12-10-,16-15-.